The average molecular weight is 246 g/mol. The van der Waals surface area contributed by atoms with Gasteiger partial charge in [0.15, 0.2) is 0 Å². The SMILES string of the molecule is CC1=CC(C)CC(C(C#N)N2CCCCCC2)C1. The minimum atomic E-state index is 0.147. The Labute approximate surface area is 112 Å². The summed E-state index contributed by atoms with van der Waals surface area (Å²) in [7, 11) is 0. The van der Waals surface area contributed by atoms with Gasteiger partial charge in [-0.05, 0) is 57.5 Å². The van der Waals surface area contributed by atoms with Gasteiger partial charge in [0, 0.05) is 0 Å². The molecule has 0 aromatic rings. The molecule has 1 saturated heterocycles. The largest absolute Gasteiger partial charge is 0.288 e. The van der Waals surface area contributed by atoms with E-state index in [9.17, 15) is 5.26 Å². The minimum Gasteiger partial charge on any atom is -0.288 e. The fourth-order valence-electron chi connectivity index (χ4n) is 3.70. The van der Waals surface area contributed by atoms with Gasteiger partial charge in [0.2, 0.25) is 0 Å². The van der Waals surface area contributed by atoms with E-state index >= 15 is 0 Å². The molecule has 0 aromatic carbocycles. The van der Waals surface area contributed by atoms with Crippen LogP contribution in [-0.4, -0.2) is 24.0 Å². The van der Waals surface area contributed by atoms with Crippen molar-refractivity contribution in [2.24, 2.45) is 11.8 Å². The number of rotatable bonds is 2. The van der Waals surface area contributed by atoms with Crippen LogP contribution in [0.15, 0.2) is 11.6 Å². The average Bonchev–Trinajstić information content (AvgIpc) is 2.58. The quantitative estimate of drug-likeness (QED) is 0.694. The third kappa shape index (κ3) is 3.36. The van der Waals surface area contributed by atoms with E-state index < -0.39 is 0 Å². The molecule has 1 aliphatic heterocycles. The number of likely N-dealkylation sites (tertiary alicyclic amines) is 1. The van der Waals surface area contributed by atoms with Gasteiger partial charge in [-0.1, -0.05) is 31.4 Å². The first-order valence-electron chi connectivity index (χ1n) is 7.51. The van der Waals surface area contributed by atoms with E-state index in [0.717, 1.165) is 19.5 Å². The standard InChI is InChI=1S/C16H26N2/c1-13-9-14(2)11-15(10-13)16(12-17)18-7-5-3-4-6-8-18/h9,13,15-16H,3-8,10-11H2,1-2H3. The molecule has 3 atom stereocenters. The molecule has 2 rings (SSSR count). The fourth-order valence-corrected chi connectivity index (χ4v) is 3.70. The van der Waals surface area contributed by atoms with E-state index in [0.29, 0.717) is 11.8 Å². The zero-order valence-electron chi connectivity index (χ0n) is 11.9. The first-order valence-corrected chi connectivity index (χ1v) is 7.51. The molecule has 1 fully saturated rings. The molecule has 18 heavy (non-hydrogen) atoms. The van der Waals surface area contributed by atoms with Gasteiger partial charge in [-0.2, -0.15) is 5.26 Å². The van der Waals surface area contributed by atoms with Gasteiger partial charge in [0.05, 0.1) is 6.07 Å². The maximum absolute atomic E-state index is 9.58. The Hall–Kier alpha value is -0.810. The second kappa shape index (κ2) is 6.38. The van der Waals surface area contributed by atoms with Crippen molar-refractivity contribution in [1.82, 2.24) is 4.90 Å². The molecule has 0 bridgehead atoms. The van der Waals surface area contributed by atoms with Crippen molar-refractivity contribution in [2.45, 2.75) is 58.4 Å². The Balaban J connectivity index is 2.04. The lowest BCUT2D eigenvalue weighted by Gasteiger charge is -2.35. The van der Waals surface area contributed by atoms with Crippen molar-refractivity contribution in [2.75, 3.05) is 13.1 Å². The maximum Gasteiger partial charge on any atom is 0.101 e. The lowest BCUT2D eigenvalue weighted by Crippen LogP contribution is -2.41. The number of nitriles is 1. The minimum absolute atomic E-state index is 0.147. The highest BCUT2D eigenvalue weighted by Gasteiger charge is 2.30. The molecule has 0 radical (unpaired) electrons. The number of hydrogen-bond donors (Lipinski definition) is 0. The summed E-state index contributed by atoms with van der Waals surface area (Å²) in [5.41, 5.74) is 1.48. The summed E-state index contributed by atoms with van der Waals surface area (Å²) < 4.78 is 0. The summed E-state index contributed by atoms with van der Waals surface area (Å²) in [6.07, 6.45) is 9.92. The lowest BCUT2D eigenvalue weighted by molar-refractivity contribution is 0.168. The molecule has 2 aliphatic rings. The van der Waals surface area contributed by atoms with Crippen molar-refractivity contribution >= 4 is 0 Å². The number of hydrogen-bond acceptors (Lipinski definition) is 2. The van der Waals surface area contributed by atoms with Crippen LogP contribution in [0.1, 0.15) is 52.4 Å². The summed E-state index contributed by atoms with van der Waals surface area (Å²) in [5, 5.41) is 9.58. The summed E-state index contributed by atoms with van der Waals surface area (Å²) >= 11 is 0. The Morgan fingerprint density at radius 3 is 2.50 bits per heavy atom. The molecule has 0 spiro atoms. The van der Waals surface area contributed by atoms with Crippen LogP contribution in [0, 0.1) is 23.2 Å². The van der Waals surface area contributed by atoms with Gasteiger partial charge in [-0.15, -0.1) is 0 Å². The van der Waals surface area contributed by atoms with Gasteiger partial charge < -0.3 is 0 Å². The molecule has 0 aromatic heterocycles. The third-order valence-corrected chi connectivity index (χ3v) is 4.44. The summed E-state index contributed by atoms with van der Waals surface area (Å²) in [6.45, 7) is 6.77. The maximum atomic E-state index is 9.58. The van der Waals surface area contributed by atoms with Crippen molar-refractivity contribution in [3.63, 3.8) is 0 Å². The molecule has 1 aliphatic carbocycles. The van der Waals surface area contributed by atoms with Crippen LogP contribution in [0.5, 0.6) is 0 Å². The molecule has 0 saturated carbocycles. The molecule has 3 unspecified atom stereocenters. The van der Waals surface area contributed by atoms with E-state index in [1.165, 1.54) is 37.7 Å². The van der Waals surface area contributed by atoms with E-state index in [4.69, 9.17) is 0 Å². The molecule has 0 N–H and O–H groups in total. The van der Waals surface area contributed by atoms with Crippen LogP contribution in [0.3, 0.4) is 0 Å². The predicted molar refractivity (Wildman–Crippen MR) is 75.1 cm³/mol. The van der Waals surface area contributed by atoms with Gasteiger partial charge >= 0.3 is 0 Å². The monoisotopic (exact) mass is 246 g/mol. The second-order valence-electron chi connectivity index (χ2n) is 6.21. The van der Waals surface area contributed by atoms with Crippen molar-refractivity contribution < 1.29 is 0 Å². The van der Waals surface area contributed by atoms with Crippen molar-refractivity contribution in [1.29, 1.82) is 5.26 Å². The van der Waals surface area contributed by atoms with E-state index in [1.54, 1.807) is 0 Å². The molecule has 100 valence electrons. The topological polar surface area (TPSA) is 27.0 Å². The second-order valence-corrected chi connectivity index (χ2v) is 6.21. The molecular weight excluding hydrogens is 220 g/mol. The predicted octanol–water partition coefficient (Wildman–Crippen LogP) is 3.75. The zero-order valence-corrected chi connectivity index (χ0v) is 11.9. The Morgan fingerprint density at radius 2 is 1.94 bits per heavy atom. The lowest BCUT2D eigenvalue weighted by atomic mass is 9.79. The highest BCUT2D eigenvalue weighted by atomic mass is 15.2. The normalized spacial score (nSPS) is 32.2. The van der Waals surface area contributed by atoms with Crippen LogP contribution in [-0.2, 0) is 0 Å². The van der Waals surface area contributed by atoms with E-state index in [-0.39, 0.29) is 6.04 Å². The molecule has 0 amide bonds. The fraction of sp³-hybridized carbons (Fsp3) is 0.812. The first kappa shape index (κ1) is 13.6. The van der Waals surface area contributed by atoms with Gasteiger partial charge in [-0.3, -0.25) is 4.90 Å². The van der Waals surface area contributed by atoms with Crippen molar-refractivity contribution in [3.8, 4) is 6.07 Å². The van der Waals surface area contributed by atoms with Crippen LogP contribution >= 0.6 is 0 Å². The van der Waals surface area contributed by atoms with Gasteiger partial charge in [0.25, 0.3) is 0 Å². The Morgan fingerprint density at radius 1 is 1.28 bits per heavy atom. The third-order valence-electron chi connectivity index (χ3n) is 4.44. The highest BCUT2D eigenvalue weighted by molar-refractivity contribution is 5.11. The van der Waals surface area contributed by atoms with Crippen molar-refractivity contribution in [3.05, 3.63) is 11.6 Å². The van der Waals surface area contributed by atoms with E-state index in [2.05, 4.69) is 30.9 Å². The number of allylic oxidation sites excluding steroid dienone is 2. The molecule has 2 nitrogen and oxygen atoms in total. The molecule has 2 heteroatoms. The highest BCUT2D eigenvalue weighted by Crippen LogP contribution is 2.32. The summed E-state index contributed by atoms with van der Waals surface area (Å²) in [4.78, 5) is 2.46. The Kier molecular flexibility index (Phi) is 4.83. The zero-order chi connectivity index (χ0) is 13.0. The smallest absolute Gasteiger partial charge is 0.101 e. The van der Waals surface area contributed by atoms with Gasteiger partial charge in [0.1, 0.15) is 6.04 Å². The first-order chi connectivity index (χ1) is 8.70. The van der Waals surface area contributed by atoms with E-state index in [1.807, 2.05) is 0 Å². The molecule has 1 heterocycles. The summed E-state index contributed by atoms with van der Waals surface area (Å²) in [6, 6.07) is 2.76. The number of nitrogens with zero attached hydrogens (tertiary/aromatic N) is 2. The summed E-state index contributed by atoms with van der Waals surface area (Å²) in [5.74, 6) is 1.19. The van der Waals surface area contributed by atoms with Gasteiger partial charge in [-0.25, -0.2) is 0 Å². The molecular formula is C16H26N2. The van der Waals surface area contributed by atoms with Crippen LogP contribution in [0.2, 0.25) is 0 Å². The van der Waals surface area contributed by atoms with Crippen LogP contribution in [0.25, 0.3) is 0 Å². The van der Waals surface area contributed by atoms with Crippen LogP contribution < -0.4 is 0 Å². The van der Waals surface area contributed by atoms with Crippen LogP contribution in [0.4, 0.5) is 0 Å². The Bertz CT molecular complexity index is 331.